The number of amides is 3. The molecule has 0 fully saturated rings. The van der Waals surface area contributed by atoms with Crippen LogP contribution in [0.25, 0.3) is 0 Å². The highest BCUT2D eigenvalue weighted by Crippen LogP contribution is 2.25. The fourth-order valence-corrected chi connectivity index (χ4v) is 2.62. The summed E-state index contributed by atoms with van der Waals surface area (Å²) in [4.78, 5) is 48.5. The number of unbranched alkanes of at least 4 members (excludes halogenated alkanes) is 1. The van der Waals surface area contributed by atoms with Crippen molar-refractivity contribution in [2.24, 2.45) is 5.92 Å². The van der Waals surface area contributed by atoms with E-state index in [-0.39, 0.29) is 12.3 Å². The summed E-state index contributed by atoms with van der Waals surface area (Å²) in [5.74, 6) is -1.47. The molecule has 33 heavy (non-hydrogen) atoms. The predicted octanol–water partition coefficient (Wildman–Crippen LogP) is 3.46. The van der Waals surface area contributed by atoms with Crippen LogP contribution in [0.4, 0.5) is 9.59 Å². The minimum absolute atomic E-state index is 0.191. The number of alkyl halides is 3. The zero-order chi connectivity index (χ0) is 25.8. The van der Waals surface area contributed by atoms with Gasteiger partial charge in [-0.05, 0) is 46.0 Å². The summed E-state index contributed by atoms with van der Waals surface area (Å²) in [6.07, 6.45) is -0.381. The number of hydrogen-bond donors (Lipinski definition) is 3. The maximum absolute atomic E-state index is 12.8. The van der Waals surface area contributed by atoms with E-state index in [1.54, 1.807) is 34.6 Å². The first-order valence-electron chi connectivity index (χ1n) is 10.4. The highest BCUT2D eigenvalue weighted by molar-refractivity contribution is 6.67. The molecule has 0 heterocycles. The number of ether oxygens (including phenoxy) is 3. The molecule has 192 valence electrons. The van der Waals surface area contributed by atoms with E-state index in [1.807, 2.05) is 0 Å². The van der Waals surface area contributed by atoms with Crippen LogP contribution in [-0.4, -0.2) is 65.8 Å². The summed E-state index contributed by atoms with van der Waals surface area (Å²) in [6, 6.07) is -1.95. The van der Waals surface area contributed by atoms with Crippen molar-refractivity contribution in [3.63, 3.8) is 0 Å². The van der Waals surface area contributed by atoms with Crippen LogP contribution in [0.3, 0.4) is 0 Å². The van der Waals surface area contributed by atoms with Gasteiger partial charge in [0.1, 0.15) is 24.3 Å². The first kappa shape index (κ1) is 31.4. The second-order valence-corrected chi connectivity index (χ2v) is 11.1. The van der Waals surface area contributed by atoms with Crippen LogP contribution in [0.2, 0.25) is 0 Å². The van der Waals surface area contributed by atoms with Crippen LogP contribution in [0.5, 0.6) is 0 Å². The third kappa shape index (κ3) is 15.8. The normalized spacial score (nSPS) is 13.5. The van der Waals surface area contributed by atoms with Crippen LogP contribution in [0, 0.1) is 5.92 Å². The Labute approximate surface area is 209 Å². The molecule has 0 saturated heterocycles. The molecule has 0 aromatic heterocycles. The monoisotopic (exact) mass is 533 g/mol. The lowest BCUT2D eigenvalue weighted by Crippen LogP contribution is -2.53. The zero-order valence-corrected chi connectivity index (χ0v) is 22.0. The molecule has 0 aliphatic carbocycles. The van der Waals surface area contributed by atoms with Crippen molar-refractivity contribution in [2.45, 2.75) is 75.4 Å². The van der Waals surface area contributed by atoms with E-state index >= 15 is 0 Å². The lowest BCUT2D eigenvalue weighted by atomic mass is 10.0. The molecule has 0 rings (SSSR count). The lowest BCUT2D eigenvalue weighted by molar-refractivity contribution is -0.146. The van der Waals surface area contributed by atoms with Crippen molar-refractivity contribution >= 4 is 58.9 Å². The standard InChI is InChI=1S/C20H34Cl3N3O7/c1-12(2)14(16(28)31-6)26-15(27)13(25-18(30)32-11-20(21,22)23)9-7-8-10-24-17(29)33-19(3,4)5/h12-14H,7-11H2,1-6H3,(H,24,29)(H,25,30)(H,26,27)/t13-,14-/m0/s1. The van der Waals surface area contributed by atoms with Gasteiger partial charge in [0, 0.05) is 6.54 Å². The van der Waals surface area contributed by atoms with Gasteiger partial charge in [-0.15, -0.1) is 0 Å². The van der Waals surface area contributed by atoms with Crippen LogP contribution in [0.15, 0.2) is 0 Å². The summed E-state index contributed by atoms with van der Waals surface area (Å²) < 4.78 is 12.9. The molecule has 3 N–H and O–H groups in total. The Morgan fingerprint density at radius 3 is 2.03 bits per heavy atom. The number of rotatable bonds is 11. The van der Waals surface area contributed by atoms with E-state index < -0.39 is 52.1 Å². The SMILES string of the molecule is COC(=O)[C@@H](NC(=O)[C@H](CCCCNC(=O)OC(C)(C)C)NC(=O)OCC(Cl)(Cl)Cl)C(C)C. The van der Waals surface area contributed by atoms with Crippen LogP contribution in [0.1, 0.15) is 53.9 Å². The second-order valence-electron chi connectivity index (χ2n) is 8.57. The molecule has 0 spiro atoms. The molecule has 0 radical (unpaired) electrons. The molecule has 0 aliphatic rings. The van der Waals surface area contributed by atoms with Crippen molar-refractivity contribution < 1.29 is 33.4 Å². The van der Waals surface area contributed by atoms with E-state index in [9.17, 15) is 19.2 Å². The smallest absolute Gasteiger partial charge is 0.407 e. The molecule has 3 amide bonds. The number of methoxy groups -OCH3 is 1. The van der Waals surface area contributed by atoms with Crippen molar-refractivity contribution in [1.82, 2.24) is 16.0 Å². The van der Waals surface area contributed by atoms with Gasteiger partial charge in [-0.2, -0.15) is 0 Å². The molecule has 0 aliphatic heterocycles. The summed E-state index contributed by atoms with van der Waals surface area (Å²) in [5.41, 5.74) is -0.614. The summed E-state index contributed by atoms with van der Waals surface area (Å²) in [6.45, 7) is 8.52. The molecular formula is C20H34Cl3N3O7. The average molecular weight is 535 g/mol. The van der Waals surface area contributed by atoms with Gasteiger partial charge in [-0.3, -0.25) is 4.79 Å². The third-order valence-electron chi connectivity index (χ3n) is 3.98. The first-order valence-corrected chi connectivity index (χ1v) is 11.5. The maximum atomic E-state index is 12.8. The zero-order valence-electron chi connectivity index (χ0n) is 19.8. The fourth-order valence-electron chi connectivity index (χ4n) is 2.46. The molecule has 0 bridgehead atoms. The van der Waals surface area contributed by atoms with Crippen molar-refractivity contribution in [3.05, 3.63) is 0 Å². The van der Waals surface area contributed by atoms with E-state index in [0.29, 0.717) is 19.4 Å². The topological polar surface area (TPSA) is 132 Å². The summed E-state index contributed by atoms with van der Waals surface area (Å²) >= 11 is 16.7. The first-order chi connectivity index (χ1) is 15.1. The molecule has 0 saturated carbocycles. The van der Waals surface area contributed by atoms with E-state index in [0.717, 1.165) is 0 Å². The number of carbonyl (C=O) groups is 4. The fraction of sp³-hybridized carbons (Fsp3) is 0.800. The third-order valence-corrected chi connectivity index (χ3v) is 4.31. The van der Waals surface area contributed by atoms with E-state index in [1.165, 1.54) is 7.11 Å². The van der Waals surface area contributed by atoms with Gasteiger partial charge in [0.05, 0.1) is 7.11 Å². The molecule has 0 aromatic rings. The minimum atomic E-state index is -1.81. The molecule has 0 aromatic carbocycles. The molecular weight excluding hydrogens is 501 g/mol. The number of hydrogen-bond acceptors (Lipinski definition) is 7. The van der Waals surface area contributed by atoms with Crippen LogP contribution >= 0.6 is 34.8 Å². The predicted molar refractivity (Wildman–Crippen MR) is 125 cm³/mol. The van der Waals surface area contributed by atoms with Gasteiger partial charge in [0.15, 0.2) is 0 Å². The molecule has 0 unspecified atom stereocenters. The van der Waals surface area contributed by atoms with Gasteiger partial charge in [0.25, 0.3) is 0 Å². The Balaban J connectivity index is 4.97. The number of halogens is 3. The van der Waals surface area contributed by atoms with E-state index in [4.69, 9.17) is 49.0 Å². The Hall–Kier alpha value is -1.65. The number of esters is 1. The molecule has 10 nitrogen and oxygen atoms in total. The number of nitrogens with one attached hydrogen (secondary N) is 3. The quantitative estimate of drug-likeness (QED) is 0.160. The highest BCUT2D eigenvalue weighted by Gasteiger charge is 2.30. The van der Waals surface area contributed by atoms with Crippen molar-refractivity contribution in [2.75, 3.05) is 20.3 Å². The Morgan fingerprint density at radius 1 is 0.939 bits per heavy atom. The van der Waals surface area contributed by atoms with Crippen LogP contribution in [-0.2, 0) is 23.8 Å². The molecule has 2 atom stereocenters. The largest absolute Gasteiger partial charge is 0.467 e. The second kappa shape index (κ2) is 14.6. The lowest BCUT2D eigenvalue weighted by Gasteiger charge is -2.24. The number of alkyl carbamates (subject to hydrolysis) is 2. The van der Waals surface area contributed by atoms with Crippen LogP contribution < -0.4 is 16.0 Å². The minimum Gasteiger partial charge on any atom is -0.467 e. The number of carbonyl (C=O) groups excluding carboxylic acids is 4. The Morgan fingerprint density at radius 2 is 1.55 bits per heavy atom. The maximum Gasteiger partial charge on any atom is 0.407 e. The van der Waals surface area contributed by atoms with Gasteiger partial charge < -0.3 is 30.2 Å². The van der Waals surface area contributed by atoms with Gasteiger partial charge in [0.2, 0.25) is 9.70 Å². The highest BCUT2D eigenvalue weighted by atomic mass is 35.6. The summed E-state index contributed by atoms with van der Waals surface area (Å²) in [5, 5.41) is 7.60. The summed E-state index contributed by atoms with van der Waals surface area (Å²) in [7, 11) is 1.21. The van der Waals surface area contributed by atoms with Gasteiger partial charge >= 0.3 is 18.2 Å². The van der Waals surface area contributed by atoms with Crippen molar-refractivity contribution in [1.29, 1.82) is 0 Å². The van der Waals surface area contributed by atoms with Crippen molar-refractivity contribution in [3.8, 4) is 0 Å². The average Bonchev–Trinajstić information content (AvgIpc) is 2.66. The van der Waals surface area contributed by atoms with Gasteiger partial charge in [-0.25, -0.2) is 14.4 Å². The Kier molecular flexibility index (Phi) is 13.8. The van der Waals surface area contributed by atoms with E-state index in [2.05, 4.69) is 16.0 Å². The Bertz CT molecular complexity index is 664. The van der Waals surface area contributed by atoms with Gasteiger partial charge in [-0.1, -0.05) is 48.7 Å². The molecule has 13 heteroatoms.